The van der Waals surface area contributed by atoms with Gasteiger partial charge in [0.15, 0.2) is 10.3 Å². The van der Waals surface area contributed by atoms with Gasteiger partial charge in [-0.3, -0.25) is 19.6 Å². The van der Waals surface area contributed by atoms with Gasteiger partial charge in [-0.05, 0) is 49.7 Å². The average Bonchev–Trinajstić information content (AvgIpc) is 3.67. The monoisotopic (exact) mass is 848 g/mol. The van der Waals surface area contributed by atoms with Crippen molar-refractivity contribution in [2.75, 3.05) is 46.3 Å². The molecule has 0 aliphatic rings. The van der Waals surface area contributed by atoms with Gasteiger partial charge in [0.1, 0.15) is 5.69 Å². The number of amides is 1. The molecule has 0 aliphatic heterocycles. The van der Waals surface area contributed by atoms with Gasteiger partial charge in [0.2, 0.25) is 11.1 Å². The van der Waals surface area contributed by atoms with Crippen LogP contribution in [0.1, 0.15) is 39.5 Å². The van der Waals surface area contributed by atoms with Crippen LogP contribution in [-0.2, 0) is 9.59 Å². The van der Waals surface area contributed by atoms with Crippen molar-refractivity contribution in [3.63, 3.8) is 0 Å². The minimum Gasteiger partial charge on any atom is -0.382 e. The van der Waals surface area contributed by atoms with Gasteiger partial charge >= 0.3 is 12.4 Å². The summed E-state index contributed by atoms with van der Waals surface area (Å²) in [5.74, 6) is 0.411. The van der Waals surface area contributed by atoms with Gasteiger partial charge in [-0.15, -0.1) is 0 Å². The van der Waals surface area contributed by atoms with E-state index in [9.17, 15) is 35.9 Å². The molecule has 0 aromatic carbocycles. The highest BCUT2D eigenvalue weighted by atomic mass is 35.5. The Bertz CT molecular complexity index is 1670. The summed E-state index contributed by atoms with van der Waals surface area (Å²) >= 11 is 19.3. The Labute approximate surface area is 326 Å². The molecule has 0 atom stereocenters. The van der Waals surface area contributed by atoms with E-state index in [0.29, 0.717) is 34.6 Å². The zero-order valence-electron chi connectivity index (χ0n) is 28.5. The first-order valence-corrected chi connectivity index (χ1v) is 19.3. The highest BCUT2D eigenvalue weighted by Crippen LogP contribution is 2.28. The Morgan fingerprint density at radius 3 is 1.75 bits per heavy atom. The fourth-order valence-electron chi connectivity index (χ4n) is 3.94. The number of hydrogen-bond donors (Lipinski definition) is 1. The number of thioether (sulfide) groups is 2. The van der Waals surface area contributed by atoms with E-state index in [2.05, 4.69) is 25.5 Å². The molecule has 53 heavy (non-hydrogen) atoms. The average molecular weight is 850 g/mol. The predicted octanol–water partition coefficient (Wildman–Crippen LogP) is 9.53. The standard InChI is InChI=1S/C16H18ClF3N4OS.C10H11ClN4.C6H8ClF3OS/c1-2-23(14(25)5-8-26-9-6-16(18,19)20)13-11-24(22-15(13)17)12-4-3-7-21-10-12;1-2-13-9-7-15(14-10(9)11)8-4-3-5-12-6-8;7-5(11)1-3-12-4-2-6(8,9)10/h3-4,7,10-11H,2,5-6,8-9H2,1H3;3-7,13H,2H2,1H3;1-4H2. The van der Waals surface area contributed by atoms with E-state index in [0.717, 1.165) is 41.4 Å². The molecule has 10 nitrogen and oxygen atoms in total. The molecule has 1 N–H and O–H groups in total. The molecule has 0 unspecified atom stereocenters. The number of carbonyl (C=O) groups excluding carboxylic acids is 2. The zero-order chi connectivity index (χ0) is 39.4. The Balaban J connectivity index is 0.000000304. The quantitative estimate of drug-likeness (QED) is 0.0670. The van der Waals surface area contributed by atoms with E-state index >= 15 is 0 Å². The Morgan fingerprint density at radius 2 is 1.30 bits per heavy atom. The number of rotatable bonds is 16. The number of carbonyl (C=O) groups is 2. The van der Waals surface area contributed by atoms with Crippen LogP contribution in [0.3, 0.4) is 0 Å². The van der Waals surface area contributed by atoms with Gasteiger partial charge in [-0.1, -0.05) is 23.2 Å². The van der Waals surface area contributed by atoms with Crippen LogP contribution in [0.25, 0.3) is 11.4 Å². The summed E-state index contributed by atoms with van der Waals surface area (Å²) in [7, 11) is 0. The van der Waals surface area contributed by atoms with E-state index in [-0.39, 0.29) is 35.4 Å². The highest BCUT2D eigenvalue weighted by molar-refractivity contribution is 7.99. The predicted molar refractivity (Wildman–Crippen MR) is 201 cm³/mol. The highest BCUT2D eigenvalue weighted by Gasteiger charge is 2.27. The fourth-order valence-corrected chi connectivity index (χ4v) is 6.38. The van der Waals surface area contributed by atoms with Gasteiger partial charge in [-0.2, -0.15) is 60.1 Å². The SMILES string of the molecule is CCN(C(=O)CCSCCC(F)(F)F)c1cn(-c2cccnc2)nc1Cl.CCNc1cn(-c2cccnc2)nc1Cl.O=C(Cl)CCSCCC(F)(F)F. The molecule has 0 saturated carbocycles. The van der Waals surface area contributed by atoms with Crippen molar-refractivity contribution >= 4 is 80.9 Å². The molecule has 292 valence electrons. The zero-order valence-corrected chi connectivity index (χ0v) is 32.4. The van der Waals surface area contributed by atoms with Crippen molar-refractivity contribution in [2.24, 2.45) is 0 Å². The molecule has 0 bridgehead atoms. The van der Waals surface area contributed by atoms with Crippen LogP contribution in [0, 0.1) is 0 Å². The van der Waals surface area contributed by atoms with Gasteiger partial charge < -0.3 is 10.2 Å². The fraction of sp³-hybridized carbons (Fsp3) is 0.438. The lowest BCUT2D eigenvalue weighted by atomic mass is 10.3. The second-order valence-corrected chi connectivity index (χ2v) is 14.0. The maximum Gasteiger partial charge on any atom is 0.389 e. The summed E-state index contributed by atoms with van der Waals surface area (Å²) < 4.78 is 74.2. The first-order valence-electron chi connectivity index (χ1n) is 15.9. The van der Waals surface area contributed by atoms with Crippen LogP contribution < -0.4 is 10.2 Å². The molecule has 4 rings (SSSR count). The van der Waals surface area contributed by atoms with Crippen LogP contribution in [0.15, 0.2) is 61.4 Å². The second-order valence-electron chi connectivity index (χ2n) is 10.4. The molecule has 4 heterocycles. The first-order chi connectivity index (χ1) is 25.0. The summed E-state index contributed by atoms with van der Waals surface area (Å²) in [6.45, 7) is 5.01. The molecular weight excluding hydrogens is 813 g/mol. The maximum absolute atomic E-state index is 12.4. The molecule has 0 fully saturated rings. The van der Waals surface area contributed by atoms with Crippen LogP contribution >= 0.6 is 58.3 Å². The number of halogens is 9. The summed E-state index contributed by atoms with van der Waals surface area (Å²) in [6.07, 6.45) is 0.518. The summed E-state index contributed by atoms with van der Waals surface area (Å²) in [5, 5.41) is 11.6. The molecule has 4 aromatic rings. The minimum absolute atomic E-state index is 0.00628. The van der Waals surface area contributed by atoms with Crippen molar-refractivity contribution in [1.29, 1.82) is 0 Å². The van der Waals surface area contributed by atoms with Crippen LogP contribution in [-0.4, -0.2) is 89.1 Å². The third-order valence-corrected chi connectivity index (χ3v) is 9.09. The Kier molecular flexibility index (Phi) is 20.4. The van der Waals surface area contributed by atoms with E-state index in [1.54, 1.807) is 54.7 Å². The third kappa shape index (κ3) is 18.6. The van der Waals surface area contributed by atoms with Crippen molar-refractivity contribution in [1.82, 2.24) is 29.5 Å². The number of nitrogens with zero attached hydrogens (tertiary/aromatic N) is 7. The van der Waals surface area contributed by atoms with Crippen molar-refractivity contribution in [2.45, 2.75) is 51.9 Å². The van der Waals surface area contributed by atoms with Crippen molar-refractivity contribution < 1.29 is 35.9 Å². The molecular formula is C32H37Cl3F6N8O2S2. The first kappa shape index (κ1) is 46.0. The number of anilines is 2. The molecule has 0 saturated heterocycles. The lowest BCUT2D eigenvalue weighted by Crippen LogP contribution is -2.30. The van der Waals surface area contributed by atoms with Crippen LogP contribution in [0.5, 0.6) is 0 Å². The van der Waals surface area contributed by atoms with Gasteiger partial charge in [0.25, 0.3) is 0 Å². The summed E-state index contributed by atoms with van der Waals surface area (Å²) in [4.78, 5) is 32.1. The summed E-state index contributed by atoms with van der Waals surface area (Å²) in [5.41, 5.74) is 2.89. The van der Waals surface area contributed by atoms with Crippen molar-refractivity contribution in [3.05, 3.63) is 71.8 Å². The number of pyridine rings is 2. The van der Waals surface area contributed by atoms with E-state index in [1.807, 2.05) is 25.3 Å². The van der Waals surface area contributed by atoms with Gasteiger partial charge in [-0.25, -0.2) is 9.36 Å². The normalized spacial score (nSPS) is 11.2. The summed E-state index contributed by atoms with van der Waals surface area (Å²) in [6, 6.07) is 7.34. The number of nitrogens with one attached hydrogen (secondary N) is 1. The smallest absolute Gasteiger partial charge is 0.382 e. The molecule has 0 aliphatic carbocycles. The molecule has 21 heteroatoms. The largest absolute Gasteiger partial charge is 0.389 e. The molecule has 4 aromatic heterocycles. The minimum atomic E-state index is -4.17. The lowest BCUT2D eigenvalue weighted by molar-refractivity contribution is -0.130. The Hall–Kier alpha value is -3.19. The molecule has 1 amide bonds. The number of hydrogen-bond acceptors (Lipinski definition) is 9. The molecule has 0 radical (unpaired) electrons. The second kappa shape index (κ2) is 23.6. The molecule has 0 spiro atoms. The topological polar surface area (TPSA) is 111 Å². The van der Waals surface area contributed by atoms with Crippen LogP contribution in [0.4, 0.5) is 37.7 Å². The van der Waals surface area contributed by atoms with E-state index < -0.39 is 30.4 Å². The number of aromatic nitrogens is 6. The number of alkyl halides is 6. The van der Waals surface area contributed by atoms with Gasteiger partial charge in [0, 0.05) is 61.3 Å². The maximum atomic E-state index is 12.4. The van der Waals surface area contributed by atoms with Crippen molar-refractivity contribution in [3.8, 4) is 11.4 Å². The van der Waals surface area contributed by atoms with Crippen LogP contribution in [0.2, 0.25) is 10.3 Å². The third-order valence-electron chi connectivity index (χ3n) is 6.38. The van der Waals surface area contributed by atoms with Gasteiger partial charge in [0.05, 0.1) is 54.7 Å². The van der Waals surface area contributed by atoms with E-state index in [1.165, 1.54) is 9.58 Å². The lowest BCUT2D eigenvalue weighted by Gasteiger charge is -2.19. The van der Waals surface area contributed by atoms with E-state index in [4.69, 9.17) is 34.8 Å². The Morgan fingerprint density at radius 1 is 0.792 bits per heavy atom.